The number of carbonyl (C=O) groups is 1. The second kappa shape index (κ2) is 11.5. The van der Waals surface area contributed by atoms with E-state index >= 15 is 0 Å². The highest BCUT2D eigenvalue weighted by molar-refractivity contribution is 5.66. The fourth-order valence-electron chi connectivity index (χ4n) is 5.55. The first-order chi connectivity index (χ1) is 19.5. The molecule has 0 bridgehead atoms. The van der Waals surface area contributed by atoms with Crippen molar-refractivity contribution in [2.45, 2.75) is 50.2 Å². The van der Waals surface area contributed by atoms with Gasteiger partial charge in [-0.15, -0.1) is 0 Å². The Balaban J connectivity index is 1.47. The Hall–Kier alpha value is -4.00. The molecule has 2 aromatic rings. The Morgan fingerprint density at radius 3 is 2.76 bits per heavy atom. The van der Waals surface area contributed by atoms with Gasteiger partial charge in [0, 0.05) is 44.2 Å². The number of hydrogen-bond donors (Lipinski definition) is 2. The number of pyridine rings is 1. The highest BCUT2D eigenvalue weighted by Gasteiger charge is 2.40. The van der Waals surface area contributed by atoms with E-state index in [1.54, 1.807) is 0 Å². The minimum Gasteiger partial charge on any atom is -0.465 e. The number of alkyl halides is 4. The van der Waals surface area contributed by atoms with Gasteiger partial charge in [-0.3, -0.25) is 9.88 Å². The summed E-state index contributed by atoms with van der Waals surface area (Å²) in [7, 11) is 0. The predicted octanol–water partition coefficient (Wildman–Crippen LogP) is 2.75. The largest absolute Gasteiger partial charge is 0.465 e. The number of ether oxygens (including phenoxy) is 1. The van der Waals surface area contributed by atoms with Crippen molar-refractivity contribution in [1.82, 2.24) is 25.2 Å². The van der Waals surface area contributed by atoms with Crippen LogP contribution >= 0.6 is 0 Å². The van der Waals surface area contributed by atoms with E-state index in [1.165, 1.54) is 4.90 Å². The number of carboxylic acid groups (broad SMARTS) is 1. The normalized spacial score (nSPS) is 22.8. The maximum absolute atomic E-state index is 14.3. The third kappa shape index (κ3) is 6.04. The van der Waals surface area contributed by atoms with E-state index in [2.05, 4.69) is 26.3 Å². The van der Waals surface area contributed by atoms with Gasteiger partial charge >= 0.3 is 18.3 Å². The third-order valence-electron chi connectivity index (χ3n) is 7.43. The van der Waals surface area contributed by atoms with Crippen LogP contribution in [0.3, 0.4) is 0 Å². The van der Waals surface area contributed by atoms with Crippen LogP contribution in [0.5, 0.6) is 6.01 Å². The molecule has 0 aromatic carbocycles. The zero-order chi connectivity index (χ0) is 29.3. The second-order valence-corrected chi connectivity index (χ2v) is 10.1. The number of hydrogen-bond acceptors (Lipinski definition) is 9. The number of amides is 1. The molecule has 5 heterocycles. The van der Waals surface area contributed by atoms with Crippen molar-refractivity contribution in [2.75, 3.05) is 49.1 Å². The standard InChI is InChI=1S/C25H27F5N8O3/c26-14-7-16(38(10-14)24(39)40)13-41-23-34-19-12-36(20-9-32-8-18(27)21(20)25(28,29)30)5-2-17(19)22(35-23)37-6-4-33-15(11-37)1-3-31/h8-9,14-16,33H,1-2,4-7,10-13H2,(H,39,40). The molecule has 3 aliphatic rings. The molecule has 220 valence electrons. The van der Waals surface area contributed by atoms with Crippen molar-refractivity contribution in [3.63, 3.8) is 0 Å². The first-order valence-corrected chi connectivity index (χ1v) is 13.0. The number of fused-ring (bicyclic) bond motifs is 1. The number of likely N-dealkylation sites (tertiary alicyclic amines) is 1. The summed E-state index contributed by atoms with van der Waals surface area (Å²) in [6.45, 7) is 1.01. The van der Waals surface area contributed by atoms with Gasteiger partial charge in [-0.25, -0.2) is 13.6 Å². The molecule has 11 nitrogen and oxygen atoms in total. The predicted molar refractivity (Wildman–Crippen MR) is 134 cm³/mol. The molecule has 2 aromatic heterocycles. The summed E-state index contributed by atoms with van der Waals surface area (Å²) in [5, 5.41) is 21.8. The molecule has 1 amide bonds. The second-order valence-electron chi connectivity index (χ2n) is 10.1. The van der Waals surface area contributed by atoms with Crippen LogP contribution in [0, 0.1) is 17.1 Å². The van der Waals surface area contributed by atoms with E-state index < -0.39 is 41.6 Å². The van der Waals surface area contributed by atoms with Crippen LogP contribution in [0.4, 0.5) is 38.3 Å². The van der Waals surface area contributed by atoms with Crippen LogP contribution in [0.1, 0.15) is 29.7 Å². The number of nitrogens with zero attached hydrogens (tertiary/aromatic N) is 7. The fraction of sp³-hybridized carbons (Fsp3) is 0.560. The number of piperazine rings is 1. The Morgan fingerprint density at radius 2 is 2.02 bits per heavy atom. The lowest BCUT2D eigenvalue weighted by Crippen LogP contribution is -2.51. The molecule has 3 unspecified atom stereocenters. The van der Waals surface area contributed by atoms with Crippen molar-refractivity contribution in [2.24, 2.45) is 0 Å². The van der Waals surface area contributed by atoms with Crippen LogP contribution < -0.4 is 19.9 Å². The number of halogens is 5. The van der Waals surface area contributed by atoms with Crippen LogP contribution in [0.25, 0.3) is 0 Å². The van der Waals surface area contributed by atoms with Gasteiger partial charge < -0.3 is 25.0 Å². The lowest BCUT2D eigenvalue weighted by atomic mass is 10.0. The molecular weight excluding hydrogens is 555 g/mol. The van der Waals surface area contributed by atoms with E-state index in [9.17, 15) is 31.9 Å². The quantitative estimate of drug-likeness (QED) is 0.491. The van der Waals surface area contributed by atoms with Crippen LogP contribution in [0.15, 0.2) is 12.4 Å². The number of anilines is 2. The minimum atomic E-state index is -4.95. The third-order valence-corrected chi connectivity index (χ3v) is 7.43. The van der Waals surface area contributed by atoms with Crippen LogP contribution in [0.2, 0.25) is 0 Å². The maximum Gasteiger partial charge on any atom is 0.421 e. The Labute approximate surface area is 231 Å². The molecule has 41 heavy (non-hydrogen) atoms. The van der Waals surface area contributed by atoms with Gasteiger partial charge in [-0.1, -0.05) is 0 Å². The van der Waals surface area contributed by atoms with Crippen molar-refractivity contribution in [3.8, 4) is 12.1 Å². The van der Waals surface area contributed by atoms with Crippen LogP contribution in [-0.4, -0.2) is 88.6 Å². The number of aromatic nitrogens is 3. The first kappa shape index (κ1) is 28.5. The van der Waals surface area contributed by atoms with E-state index in [0.29, 0.717) is 42.9 Å². The molecule has 16 heteroatoms. The van der Waals surface area contributed by atoms with E-state index in [0.717, 1.165) is 11.1 Å². The molecule has 2 N–H and O–H groups in total. The molecule has 0 radical (unpaired) electrons. The van der Waals surface area contributed by atoms with Gasteiger partial charge in [0.15, 0.2) is 5.82 Å². The first-order valence-electron chi connectivity index (χ1n) is 13.0. The zero-order valence-corrected chi connectivity index (χ0v) is 21.7. The summed E-state index contributed by atoms with van der Waals surface area (Å²) in [4.78, 5) is 28.4. The molecule has 0 aliphatic carbocycles. The average Bonchev–Trinajstić information content (AvgIpc) is 3.31. The molecule has 2 fully saturated rings. The minimum absolute atomic E-state index is 0.0572. The highest BCUT2D eigenvalue weighted by Crippen LogP contribution is 2.40. The fourth-order valence-corrected chi connectivity index (χ4v) is 5.55. The summed E-state index contributed by atoms with van der Waals surface area (Å²) in [6, 6.07) is 1.08. The summed E-state index contributed by atoms with van der Waals surface area (Å²) in [6.07, 6.45) is -5.65. The number of rotatable bonds is 6. The number of nitrogens with one attached hydrogen (secondary N) is 1. The topological polar surface area (TPSA) is 131 Å². The molecule has 2 saturated heterocycles. The molecular formula is C25H27F5N8O3. The SMILES string of the molecule is N#CCC1CN(c2nc(OCC3CC(F)CN3C(=O)O)nc3c2CCN(c2cncc(F)c2C(F)(F)F)C3)CCN1. The summed E-state index contributed by atoms with van der Waals surface area (Å²) >= 11 is 0. The summed E-state index contributed by atoms with van der Waals surface area (Å²) in [5.74, 6) is -0.990. The van der Waals surface area contributed by atoms with Crippen molar-refractivity contribution in [1.29, 1.82) is 5.26 Å². The van der Waals surface area contributed by atoms with E-state index in [4.69, 9.17) is 10.00 Å². The van der Waals surface area contributed by atoms with Gasteiger partial charge in [0.1, 0.15) is 24.2 Å². The lowest BCUT2D eigenvalue weighted by molar-refractivity contribution is -0.139. The average molecular weight is 583 g/mol. The van der Waals surface area contributed by atoms with E-state index in [-0.39, 0.29) is 57.6 Å². The maximum atomic E-state index is 14.3. The van der Waals surface area contributed by atoms with Gasteiger partial charge in [0.05, 0.1) is 55.4 Å². The molecule has 0 saturated carbocycles. The molecule has 5 rings (SSSR count). The Kier molecular flexibility index (Phi) is 7.98. The van der Waals surface area contributed by atoms with Crippen molar-refractivity contribution >= 4 is 17.6 Å². The monoisotopic (exact) mass is 582 g/mol. The number of nitriles is 1. The van der Waals surface area contributed by atoms with Crippen molar-refractivity contribution in [3.05, 3.63) is 35.0 Å². The highest BCUT2D eigenvalue weighted by atomic mass is 19.4. The van der Waals surface area contributed by atoms with Gasteiger partial charge in [-0.2, -0.15) is 28.4 Å². The van der Waals surface area contributed by atoms with Crippen molar-refractivity contribution < 1.29 is 36.6 Å². The van der Waals surface area contributed by atoms with Gasteiger partial charge in [0.2, 0.25) is 0 Å². The van der Waals surface area contributed by atoms with Gasteiger partial charge in [-0.05, 0) is 6.42 Å². The van der Waals surface area contributed by atoms with E-state index in [1.807, 2.05) is 4.90 Å². The Bertz CT molecular complexity index is 1340. The molecule has 0 spiro atoms. The lowest BCUT2D eigenvalue weighted by Gasteiger charge is -2.37. The zero-order valence-electron chi connectivity index (χ0n) is 21.7. The summed E-state index contributed by atoms with van der Waals surface area (Å²) < 4.78 is 75.2. The van der Waals surface area contributed by atoms with Crippen LogP contribution in [-0.2, 0) is 19.1 Å². The Morgan fingerprint density at radius 1 is 1.22 bits per heavy atom. The molecule has 3 atom stereocenters. The smallest absolute Gasteiger partial charge is 0.421 e. The van der Waals surface area contributed by atoms with Gasteiger partial charge in [0.25, 0.3) is 0 Å². The summed E-state index contributed by atoms with van der Waals surface area (Å²) in [5.41, 5.74) is -0.798. The molecule has 3 aliphatic heterocycles.